The smallest absolute Gasteiger partial charge is 0.223 e. The molecule has 5 unspecified atom stereocenters. The minimum Gasteiger partial charge on any atom is -0.353 e. The van der Waals surface area contributed by atoms with E-state index in [0.29, 0.717) is 41.4 Å². The zero-order valence-corrected chi connectivity index (χ0v) is 19.4. The molecule has 1 aromatic rings. The summed E-state index contributed by atoms with van der Waals surface area (Å²) in [5.41, 5.74) is 0.554. The van der Waals surface area contributed by atoms with Gasteiger partial charge in [-0.2, -0.15) is 0 Å². The van der Waals surface area contributed by atoms with Crippen LogP contribution in [0.25, 0.3) is 0 Å². The Morgan fingerprint density at radius 3 is 2.52 bits per heavy atom. The van der Waals surface area contributed by atoms with E-state index in [1.165, 1.54) is 44.9 Å². The molecule has 2 heterocycles. The minimum atomic E-state index is 0.136. The molecule has 6 heteroatoms. The van der Waals surface area contributed by atoms with Crippen molar-refractivity contribution in [2.75, 3.05) is 6.54 Å². The van der Waals surface area contributed by atoms with Gasteiger partial charge in [-0.1, -0.05) is 0 Å². The highest BCUT2D eigenvalue weighted by molar-refractivity contribution is 5.79. The van der Waals surface area contributed by atoms with Gasteiger partial charge in [0.25, 0.3) is 0 Å². The lowest BCUT2D eigenvalue weighted by Gasteiger charge is -2.43. The molecule has 0 radical (unpaired) electrons. The van der Waals surface area contributed by atoms with Gasteiger partial charge in [0.05, 0.1) is 0 Å². The number of aromatic nitrogens is 2. The molecule has 4 aliphatic rings. The lowest BCUT2D eigenvalue weighted by Crippen LogP contribution is -2.48. The largest absolute Gasteiger partial charge is 0.353 e. The number of amides is 1. The fourth-order valence-corrected chi connectivity index (χ4v) is 6.67. The number of hydrogen-bond acceptors (Lipinski definition) is 3. The van der Waals surface area contributed by atoms with Crippen LogP contribution < -0.4 is 16.3 Å². The van der Waals surface area contributed by atoms with Gasteiger partial charge in [-0.25, -0.2) is 0 Å². The molecule has 172 valence electrons. The maximum Gasteiger partial charge on any atom is 0.223 e. The first kappa shape index (κ1) is 21.3. The number of piperidine rings is 1. The average Bonchev–Trinajstić information content (AvgIpc) is 3.68. The van der Waals surface area contributed by atoms with E-state index in [1.807, 2.05) is 24.0 Å². The monoisotopic (exact) mass is 427 g/mol. The Morgan fingerprint density at radius 2 is 1.90 bits per heavy atom. The summed E-state index contributed by atoms with van der Waals surface area (Å²) < 4.78 is 3.94. The van der Waals surface area contributed by atoms with Crippen LogP contribution in [0.4, 0.5) is 0 Å². The number of rotatable bonds is 7. The van der Waals surface area contributed by atoms with Crippen LogP contribution in [0, 0.1) is 40.9 Å². The number of carbonyl (C=O) groups is 1. The van der Waals surface area contributed by atoms with Crippen molar-refractivity contribution in [2.24, 2.45) is 42.6 Å². The molecule has 4 fully saturated rings. The lowest BCUT2D eigenvalue weighted by molar-refractivity contribution is -0.128. The normalized spacial score (nSPS) is 34.1. The number of nitrogens with one attached hydrogen (secondary N) is 3. The fourth-order valence-electron chi connectivity index (χ4n) is 6.67. The average molecular weight is 428 g/mol. The van der Waals surface area contributed by atoms with Crippen LogP contribution in [0.2, 0.25) is 0 Å². The van der Waals surface area contributed by atoms with Gasteiger partial charge >= 0.3 is 0 Å². The molecule has 5 rings (SSSR count). The summed E-state index contributed by atoms with van der Waals surface area (Å²) >= 11 is 0. The maximum atomic E-state index is 13.5. The number of carbonyl (C=O) groups excluding carboxylic acids is 1. The van der Waals surface area contributed by atoms with Gasteiger partial charge < -0.3 is 19.8 Å². The molecule has 1 amide bonds. The summed E-state index contributed by atoms with van der Waals surface area (Å²) in [7, 11) is 1.93. The van der Waals surface area contributed by atoms with E-state index in [9.17, 15) is 4.79 Å². The molecule has 0 bridgehead atoms. The molecule has 6 nitrogen and oxygen atoms in total. The van der Waals surface area contributed by atoms with Gasteiger partial charge in [-0.15, -0.1) is 0 Å². The van der Waals surface area contributed by atoms with E-state index in [1.54, 1.807) is 0 Å². The van der Waals surface area contributed by atoms with Crippen molar-refractivity contribution in [2.45, 2.75) is 83.3 Å². The van der Waals surface area contributed by atoms with Crippen molar-refractivity contribution in [1.29, 1.82) is 5.41 Å². The molecule has 3 aliphatic carbocycles. The van der Waals surface area contributed by atoms with Crippen molar-refractivity contribution in [3.63, 3.8) is 0 Å². The standard InChI is InChI=1S/C25H41N5O/c1-16-22(4-3-9-27-16)20-12-17(15-30-11-10-29(2)25(30)26)13-21(14-20)24(31)28-23(18-5-6-18)19-7-8-19/h10-11,16-23,26-27H,3-9,12-15H2,1-2H3,(H,28,31). The second-order valence-electron chi connectivity index (χ2n) is 11.2. The van der Waals surface area contributed by atoms with Gasteiger partial charge in [0, 0.05) is 44.0 Å². The molecule has 1 aromatic heterocycles. The third-order valence-corrected chi connectivity index (χ3v) is 8.74. The Morgan fingerprint density at radius 1 is 1.16 bits per heavy atom. The van der Waals surface area contributed by atoms with Crippen LogP contribution in [-0.4, -0.2) is 33.7 Å². The molecule has 3 N–H and O–H groups in total. The fraction of sp³-hybridized carbons (Fsp3) is 0.840. The first-order chi connectivity index (χ1) is 15.0. The van der Waals surface area contributed by atoms with Crippen LogP contribution in [-0.2, 0) is 18.4 Å². The highest BCUT2D eigenvalue weighted by Crippen LogP contribution is 2.46. The third-order valence-electron chi connectivity index (χ3n) is 8.74. The summed E-state index contributed by atoms with van der Waals surface area (Å²) in [6.45, 7) is 4.33. The molecule has 1 aliphatic heterocycles. The Bertz CT molecular complexity index is 823. The molecular weight excluding hydrogens is 386 g/mol. The van der Waals surface area contributed by atoms with Crippen molar-refractivity contribution < 1.29 is 4.79 Å². The molecule has 3 saturated carbocycles. The van der Waals surface area contributed by atoms with E-state index in [4.69, 9.17) is 5.41 Å². The number of aryl methyl sites for hydroxylation is 1. The van der Waals surface area contributed by atoms with Gasteiger partial charge in [-0.05, 0) is 101 Å². The molecule has 31 heavy (non-hydrogen) atoms. The highest BCUT2D eigenvalue weighted by Gasteiger charge is 2.44. The zero-order valence-electron chi connectivity index (χ0n) is 19.4. The Labute approximate surface area is 186 Å². The molecule has 0 aromatic carbocycles. The predicted octanol–water partition coefficient (Wildman–Crippen LogP) is 3.03. The Hall–Kier alpha value is -1.56. The minimum absolute atomic E-state index is 0.136. The summed E-state index contributed by atoms with van der Waals surface area (Å²) in [4.78, 5) is 13.5. The highest BCUT2D eigenvalue weighted by atomic mass is 16.2. The first-order valence-corrected chi connectivity index (χ1v) is 12.8. The van der Waals surface area contributed by atoms with E-state index < -0.39 is 0 Å². The van der Waals surface area contributed by atoms with Gasteiger partial charge in [0.15, 0.2) is 0 Å². The molecule has 1 saturated heterocycles. The number of nitrogens with zero attached hydrogens (tertiary/aromatic N) is 2. The van der Waals surface area contributed by atoms with Crippen molar-refractivity contribution in [1.82, 2.24) is 19.8 Å². The number of imidazole rings is 1. The van der Waals surface area contributed by atoms with Crippen molar-refractivity contribution >= 4 is 5.91 Å². The maximum absolute atomic E-state index is 13.5. The van der Waals surface area contributed by atoms with E-state index >= 15 is 0 Å². The zero-order chi connectivity index (χ0) is 21.5. The van der Waals surface area contributed by atoms with Gasteiger partial charge in [0.2, 0.25) is 11.5 Å². The van der Waals surface area contributed by atoms with Crippen molar-refractivity contribution in [3.8, 4) is 0 Å². The van der Waals surface area contributed by atoms with Crippen LogP contribution in [0.1, 0.15) is 64.7 Å². The van der Waals surface area contributed by atoms with Crippen molar-refractivity contribution in [3.05, 3.63) is 18.0 Å². The topological polar surface area (TPSA) is 74.8 Å². The van der Waals surface area contributed by atoms with Crippen LogP contribution in [0.15, 0.2) is 12.4 Å². The summed E-state index contributed by atoms with van der Waals surface area (Å²) in [5.74, 6) is 3.72. The van der Waals surface area contributed by atoms with E-state index in [0.717, 1.165) is 37.8 Å². The van der Waals surface area contributed by atoms with Crippen LogP contribution in [0.5, 0.6) is 0 Å². The van der Waals surface area contributed by atoms with Gasteiger partial charge in [0.1, 0.15) is 0 Å². The second kappa shape index (κ2) is 8.76. The summed E-state index contributed by atoms with van der Waals surface area (Å²) in [6.07, 6.45) is 15.0. The number of hydrogen-bond donors (Lipinski definition) is 3. The lowest BCUT2D eigenvalue weighted by atomic mass is 9.66. The van der Waals surface area contributed by atoms with Crippen LogP contribution >= 0.6 is 0 Å². The van der Waals surface area contributed by atoms with E-state index in [2.05, 4.69) is 22.1 Å². The first-order valence-electron chi connectivity index (χ1n) is 12.8. The summed E-state index contributed by atoms with van der Waals surface area (Å²) in [6, 6.07) is 0.993. The molecular formula is C25H41N5O. The quantitative estimate of drug-likeness (QED) is 0.626. The molecule has 0 spiro atoms. The predicted molar refractivity (Wildman–Crippen MR) is 121 cm³/mol. The van der Waals surface area contributed by atoms with Crippen LogP contribution in [0.3, 0.4) is 0 Å². The SMILES string of the molecule is CC1NCCCC1C1CC(Cn2ccn(C)c2=N)CC(C(=O)NC(C2CC2)C2CC2)C1. The summed E-state index contributed by atoms with van der Waals surface area (Å²) in [5, 5.41) is 15.6. The Balaban J connectivity index is 1.31. The van der Waals surface area contributed by atoms with Gasteiger partial charge in [-0.3, -0.25) is 10.2 Å². The Kier molecular flexibility index (Phi) is 6.02. The third kappa shape index (κ3) is 4.79. The second-order valence-corrected chi connectivity index (χ2v) is 11.2. The molecule has 5 atom stereocenters. The van der Waals surface area contributed by atoms with E-state index in [-0.39, 0.29) is 5.92 Å².